The predicted molar refractivity (Wildman–Crippen MR) is 51.4 cm³/mol. The summed E-state index contributed by atoms with van der Waals surface area (Å²) < 4.78 is 0. The quantitative estimate of drug-likeness (QED) is 0.539. The lowest BCUT2D eigenvalue weighted by Gasteiger charge is -2.03. The van der Waals surface area contributed by atoms with Gasteiger partial charge in [0.25, 0.3) is 0 Å². The maximum absolute atomic E-state index is 10.1. The van der Waals surface area contributed by atoms with Gasteiger partial charge in [0.1, 0.15) is 0 Å². The van der Waals surface area contributed by atoms with Crippen LogP contribution in [0.3, 0.4) is 0 Å². The van der Waals surface area contributed by atoms with E-state index in [1.165, 1.54) is 12.2 Å². The van der Waals surface area contributed by atoms with Crippen molar-refractivity contribution in [2.45, 2.75) is 13.3 Å². The van der Waals surface area contributed by atoms with Crippen molar-refractivity contribution < 1.29 is 9.59 Å². The molecule has 0 saturated heterocycles. The van der Waals surface area contributed by atoms with Gasteiger partial charge in [-0.1, -0.05) is 13.0 Å². The Hall–Kier alpha value is -2.02. The van der Waals surface area contributed by atoms with Crippen LogP contribution in [-0.2, 0) is 16.0 Å². The molecular weight excluding hydrogens is 180 g/mol. The standard InChI is InChI=1S/C10H8N2O2/c1-2-8-9(11-6-13)4-3-5-10(8)12-7-14/h3-5H,2H2,1H3. The summed E-state index contributed by atoms with van der Waals surface area (Å²) in [6.07, 6.45) is 3.57. The van der Waals surface area contributed by atoms with E-state index in [4.69, 9.17) is 0 Å². The number of hydrogen-bond acceptors (Lipinski definition) is 4. The molecule has 0 fully saturated rings. The number of isocyanates is 2. The van der Waals surface area contributed by atoms with E-state index in [-0.39, 0.29) is 0 Å². The zero-order valence-electron chi connectivity index (χ0n) is 7.65. The van der Waals surface area contributed by atoms with Crippen LogP contribution >= 0.6 is 0 Å². The molecule has 0 N–H and O–H groups in total. The largest absolute Gasteiger partial charge is 0.240 e. The normalized spacial score (nSPS) is 8.64. The van der Waals surface area contributed by atoms with E-state index in [1.807, 2.05) is 6.92 Å². The summed E-state index contributed by atoms with van der Waals surface area (Å²) in [6.45, 7) is 1.89. The molecule has 0 heterocycles. The molecule has 0 saturated carbocycles. The number of hydrogen-bond donors (Lipinski definition) is 0. The molecule has 0 unspecified atom stereocenters. The SMILES string of the molecule is CCc1c(N=C=O)cccc1N=C=O. The van der Waals surface area contributed by atoms with E-state index in [2.05, 4.69) is 9.98 Å². The van der Waals surface area contributed by atoms with Crippen molar-refractivity contribution in [3.05, 3.63) is 23.8 Å². The minimum atomic E-state index is 0.499. The molecule has 1 rings (SSSR count). The summed E-state index contributed by atoms with van der Waals surface area (Å²) in [5.74, 6) is 0. The van der Waals surface area contributed by atoms with Crippen LogP contribution in [0, 0.1) is 0 Å². The molecule has 0 atom stereocenters. The van der Waals surface area contributed by atoms with Crippen LogP contribution < -0.4 is 0 Å². The molecule has 4 heteroatoms. The van der Waals surface area contributed by atoms with Gasteiger partial charge in [-0.15, -0.1) is 0 Å². The second kappa shape index (κ2) is 4.87. The van der Waals surface area contributed by atoms with Crippen molar-refractivity contribution in [2.24, 2.45) is 9.98 Å². The summed E-state index contributed by atoms with van der Waals surface area (Å²) in [4.78, 5) is 27.3. The first kappa shape index (κ1) is 10.1. The molecule has 0 aliphatic carbocycles. The van der Waals surface area contributed by atoms with Crippen LogP contribution in [0.5, 0.6) is 0 Å². The lowest BCUT2D eigenvalue weighted by molar-refractivity contribution is 0.565. The van der Waals surface area contributed by atoms with Crippen molar-refractivity contribution >= 4 is 23.5 Å². The van der Waals surface area contributed by atoms with E-state index in [0.717, 1.165) is 5.56 Å². The maximum Gasteiger partial charge on any atom is 0.240 e. The highest BCUT2D eigenvalue weighted by molar-refractivity contribution is 5.65. The fourth-order valence-electron chi connectivity index (χ4n) is 1.23. The molecule has 70 valence electrons. The first-order valence-electron chi connectivity index (χ1n) is 4.11. The van der Waals surface area contributed by atoms with Crippen molar-refractivity contribution in [3.8, 4) is 0 Å². The monoisotopic (exact) mass is 188 g/mol. The minimum absolute atomic E-state index is 0.499. The van der Waals surface area contributed by atoms with Crippen LogP contribution in [0.4, 0.5) is 11.4 Å². The molecule has 0 spiro atoms. The van der Waals surface area contributed by atoms with Crippen LogP contribution in [0.1, 0.15) is 12.5 Å². The van der Waals surface area contributed by atoms with Crippen molar-refractivity contribution in [2.75, 3.05) is 0 Å². The maximum atomic E-state index is 10.1. The molecule has 0 aliphatic heterocycles. The molecule has 14 heavy (non-hydrogen) atoms. The van der Waals surface area contributed by atoms with Gasteiger partial charge in [-0.3, -0.25) is 0 Å². The Kier molecular flexibility index (Phi) is 3.50. The van der Waals surface area contributed by atoms with Gasteiger partial charge in [0, 0.05) is 5.56 Å². The Morgan fingerprint density at radius 2 is 1.64 bits per heavy atom. The van der Waals surface area contributed by atoms with Gasteiger partial charge in [0.15, 0.2) is 0 Å². The topological polar surface area (TPSA) is 58.9 Å². The van der Waals surface area contributed by atoms with Crippen LogP contribution in [0.15, 0.2) is 28.2 Å². The summed E-state index contributed by atoms with van der Waals surface area (Å²) in [6, 6.07) is 5.02. The molecular formula is C10H8N2O2. The van der Waals surface area contributed by atoms with E-state index in [9.17, 15) is 9.59 Å². The van der Waals surface area contributed by atoms with Crippen molar-refractivity contribution in [1.29, 1.82) is 0 Å². The number of aliphatic imine (C=N–C) groups is 2. The van der Waals surface area contributed by atoms with Crippen LogP contribution in [0.2, 0.25) is 0 Å². The van der Waals surface area contributed by atoms with Gasteiger partial charge in [-0.05, 0) is 18.6 Å². The lowest BCUT2D eigenvalue weighted by atomic mass is 10.1. The van der Waals surface area contributed by atoms with Gasteiger partial charge >= 0.3 is 0 Å². The Balaban J connectivity index is 3.38. The summed E-state index contributed by atoms with van der Waals surface area (Å²) >= 11 is 0. The number of carbonyl (C=O) groups excluding carboxylic acids is 2. The van der Waals surface area contributed by atoms with Gasteiger partial charge in [0.05, 0.1) is 11.4 Å². The minimum Gasteiger partial charge on any atom is -0.211 e. The highest BCUT2D eigenvalue weighted by Gasteiger charge is 2.04. The van der Waals surface area contributed by atoms with E-state index in [0.29, 0.717) is 17.8 Å². The third kappa shape index (κ3) is 2.02. The molecule has 0 bridgehead atoms. The first-order chi connectivity index (χ1) is 6.83. The third-order valence-corrected chi connectivity index (χ3v) is 1.81. The number of rotatable bonds is 3. The number of nitrogens with zero attached hydrogens (tertiary/aromatic N) is 2. The van der Waals surface area contributed by atoms with E-state index in [1.54, 1.807) is 18.2 Å². The highest BCUT2D eigenvalue weighted by atomic mass is 16.1. The lowest BCUT2D eigenvalue weighted by Crippen LogP contribution is -1.82. The predicted octanol–water partition coefficient (Wildman–Crippen LogP) is 2.18. The van der Waals surface area contributed by atoms with E-state index >= 15 is 0 Å². The Bertz CT molecular complexity index is 391. The smallest absolute Gasteiger partial charge is 0.211 e. The Labute approximate surface area is 81.0 Å². The Morgan fingerprint density at radius 1 is 1.14 bits per heavy atom. The van der Waals surface area contributed by atoms with E-state index < -0.39 is 0 Å². The second-order valence-electron chi connectivity index (χ2n) is 2.53. The summed E-state index contributed by atoms with van der Waals surface area (Å²) in [7, 11) is 0. The molecule has 0 aromatic heterocycles. The Morgan fingerprint density at radius 3 is 2.00 bits per heavy atom. The molecule has 4 nitrogen and oxygen atoms in total. The third-order valence-electron chi connectivity index (χ3n) is 1.81. The fraction of sp³-hybridized carbons (Fsp3) is 0.200. The van der Waals surface area contributed by atoms with Gasteiger partial charge in [0.2, 0.25) is 12.2 Å². The zero-order chi connectivity index (χ0) is 10.4. The molecule has 0 aliphatic rings. The average Bonchev–Trinajstić information content (AvgIpc) is 2.19. The molecule has 0 amide bonds. The van der Waals surface area contributed by atoms with Crippen molar-refractivity contribution in [3.63, 3.8) is 0 Å². The average molecular weight is 188 g/mol. The van der Waals surface area contributed by atoms with Gasteiger partial charge < -0.3 is 0 Å². The molecule has 0 radical (unpaired) electrons. The first-order valence-corrected chi connectivity index (χ1v) is 4.11. The van der Waals surface area contributed by atoms with Crippen LogP contribution in [0.25, 0.3) is 0 Å². The summed E-state index contributed by atoms with van der Waals surface area (Å²) in [5.41, 5.74) is 1.75. The number of benzene rings is 1. The highest BCUT2D eigenvalue weighted by Crippen LogP contribution is 2.28. The van der Waals surface area contributed by atoms with Gasteiger partial charge in [-0.25, -0.2) is 9.59 Å². The van der Waals surface area contributed by atoms with Crippen molar-refractivity contribution in [1.82, 2.24) is 0 Å². The fourth-order valence-corrected chi connectivity index (χ4v) is 1.23. The second-order valence-corrected chi connectivity index (χ2v) is 2.53. The zero-order valence-corrected chi connectivity index (χ0v) is 7.65. The molecule has 1 aromatic rings. The summed E-state index contributed by atoms with van der Waals surface area (Å²) in [5, 5.41) is 0. The molecule has 1 aromatic carbocycles. The van der Waals surface area contributed by atoms with Gasteiger partial charge in [-0.2, -0.15) is 9.98 Å². The van der Waals surface area contributed by atoms with Crippen LogP contribution in [-0.4, -0.2) is 12.2 Å².